The van der Waals surface area contributed by atoms with Gasteiger partial charge < -0.3 is 18.6 Å². The summed E-state index contributed by atoms with van der Waals surface area (Å²) in [5, 5.41) is 1.63. The number of fused-ring (bicyclic) bond motifs is 3. The Hall–Kier alpha value is -3.51. The highest BCUT2D eigenvalue weighted by atomic mass is 35.5. The summed E-state index contributed by atoms with van der Waals surface area (Å²) in [6, 6.07) is 7.07. The van der Waals surface area contributed by atoms with Crippen molar-refractivity contribution < 1.29 is 13.6 Å². The van der Waals surface area contributed by atoms with E-state index in [0.717, 1.165) is 11.1 Å². The molecule has 0 atom stereocenters. The molecule has 0 saturated heterocycles. The number of hydrogen-bond acceptors (Lipinski definition) is 5. The molecule has 3 aromatic heterocycles. The van der Waals surface area contributed by atoms with Crippen LogP contribution in [-0.2, 0) is 6.42 Å². The standard InChI is InChI=1S/C22H15ClN2O4/c1-3-4-12-19-13(7-8-28-19)20(27-2)17-18(26)14(10-29-21(12)17)22-24-15-6-5-11(23)9-16(15)25-22/h3,5-10H,1,4H2,2H3,(H,24,25). The van der Waals surface area contributed by atoms with Crippen LogP contribution in [-0.4, -0.2) is 17.1 Å². The maximum atomic E-state index is 13.5. The monoisotopic (exact) mass is 406 g/mol. The van der Waals surface area contributed by atoms with Gasteiger partial charge in [0, 0.05) is 10.6 Å². The molecule has 0 aliphatic rings. The molecule has 5 rings (SSSR count). The Balaban J connectivity index is 1.87. The van der Waals surface area contributed by atoms with Crippen LogP contribution in [0.4, 0.5) is 0 Å². The maximum Gasteiger partial charge on any atom is 0.207 e. The molecule has 7 heteroatoms. The van der Waals surface area contributed by atoms with Crippen molar-refractivity contribution in [3.63, 3.8) is 0 Å². The summed E-state index contributed by atoms with van der Waals surface area (Å²) in [4.78, 5) is 21.1. The van der Waals surface area contributed by atoms with Crippen molar-refractivity contribution in [2.75, 3.05) is 7.11 Å². The van der Waals surface area contributed by atoms with Gasteiger partial charge in [0.15, 0.2) is 0 Å². The molecular weight excluding hydrogens is 392 g/mol. The molecule has 0 spiro atoms. The number of allylic oxidation sites excluding steroid dienone is 1. The lowest BCUT2D eigenvalue weighted by molar-refractivity contribution is 0.423. The molecule has 0 bridgehead atoms. The number of halogens is 1. The zero-order valence-corrected chi connectivity index (χ0v) is 16.2. The Labute approximate surface area is 169 Å². The van der Waals surface area contributed by atoms with Crippen molar-refractivity contribution in [3.8, 4) is 17.1 Å². The highest BCUT2D eigenvalue weighted by molar-refractivity contribution is 6.31. The summed E-state index contributed by atoms with van der Waals surface area (Å²) >= 11 is 6.05. The first-order valence-corrected chi connectivity index (χ1v) is 9.28. The molecule has 0 amide bonds. The minimum atomic E-state index is -0.248. The van der Waals surface area contributed by atoms with E-state index in [0.29, 0.717) is 56.0 Å². The highest BCUT2D eigenvalue weighted by Crippen LogP contribution is 2.38. The van der Waals surface area contributed by atoms with Crippen LogP contribution in [0.1, 0.15) is 5.56 Å². The van der Waals surface area contributed by atoms with Crippen molar-refractivity contribution in [1.82, 2.24) is 9.97 Å². The number of aromatic nitrogens is 2. The van der Waals surface area contributed by atoms with Crippen LogP contribution in [0.15, 0.2) is 63.1 Å². The predicted molar refractivity (Wildman–Crippen MR) is 113 cm³/mol. The summed E-state index contributed by atoms with van der Waals surface area (Å²) < 4.78 is 17.1. The molecular formula is C22H15ClN2O4. The number of benzene rings is 2. The van der Waals surface area contributed by atoms with Crippen LogP contribution in [0.25, 0.3) is 44.4 Å². The number of ether oxygens (including phenoxy) is 1. The molecule has 0 saturated carbocycles. The van der Waals surface area contributed by atoms with E-state index < -0.39 is 0 Å². The fraction of sp³-hybridized carbons (Fsp3) is 0.0909. The number of hydrogen-bond donors (Lipinski definition) is 1. The minimum absolute atomic E-state index is 0.248. The largest absolute Gasteiger partial charge is 0.495 e. The third kappa shape index (κ3) is 2.57. The number of aromatic amines is 1. The first kappa shape index (κ1) is 17.6. The van der Waals surface area contributed by atoms with Gasteiger partial charge in [-0.1, -0.05) is 17.7 Å². The number of nitrogens with zero attached hydrogens (tertiary/aromatic N) is 1. The number of rotatable bonds is 4. The van der Waals surface area contributed by atoms with Gasteiger partial charge in [0.25, 0.3) is 0 Å². The van der Waals surface area contributed by atoms with Gasteiger partial charge in [-0.25, -0.2) is 4.98 Å². The molecule has 0 aliphatic heterocycles. The van der Waals surface area contributed by atoms with Gasteiger partial charge in [-0.3, -0.25) is 4.79 Å². The average Bonchev–Trinajstić information content (AvgIpc) is 3.35. The lowest BCUT2D eigenvalue weighted by atomic mass is 10.0. The van der Waals surface area contributed by atoms with Crippen molar-refractivity contribution >= 4 is 44.6 Å². The second-order valence-electron chi connectivity index (χ2n) is 6.60. The molecule has 1 N–H and O–H groups in total. The maximum absolute atomic E-state index is 13.5. The molecule has 144 valence electrons. The number of methoxy groups -OCH3 is 1. The summed E-state index contributed by atoms with van der Waals surface area (Å²) in [6.45, 7) is 3.80. The van der Waals surface area contributed by atoms with Crippen LogP contribution >= 0.6 is 11.6 Å². The van der Waals surface area contributed by atoms with Crippen LogP contribution < -0.4 is 10.2 Å². The smallest absolute Gasteiger partial charge is 0.207 e. The van der Waals surface area contributed by atoms with Crippen molar-refractivity contribution in [2.24, 2.45) is 0 Å². The molecule has 0 aliphatic carbocycles. The Morgan fingerprint density at radius 3 is 2.93 bits per heavy atom. The average molecular weight is 407 g/mol. The Kier molecular flexibility index (Phi) is 3.96. The van der Waals surface area contributed by atoms with Crippen molar-refractivity contribution in [2.45, 2.75) is 6.42 Å². The molecule has 0 fully saturated rings. The van der Waals surface area contributed by atoms with Crippen LogP contribution in [0, 0.1) is 0 Å². The summed E-state index contributed by atoms with van der Waals surface area (Å²) in [5.41, 5.74) is 3.26. The third-order valence-electron chi connectivity index (χ3n) is 4.93. The van der Waals surface area contributed by atoms with E-state index in [4.69, 9.17) is 25.2 Å². The zero-order chi connectivity index (χ0) is 20.1. The SMILES string of the molecule is C=CCc1c2occc2c(OC)c2c(=O)c(-c3nc4ccc(Cl)cc4[nH]3)coc12. The lowest BCUT2D eigenvalue weighted by Crippen LogP contribution is -2.08. The van der Waals surface area contributed by atoms with E-state index in [9.17, 15) is 4.79 Å². The fourth-order valence-electron chi connectivity index (χ4n) is 3.67. The van der Waals surface area contributed by atoms with Gasteiger partial charge >= 0.3 is 0 Å². The fourth-order valence-corrected chi connectivity index (χ4v) is 3.84. The van der Waals surface area contributed by atoms with E-state index in [1.165, 1.54) is 13.4 Å². The number of H-pyrrole nitrogens is 1. The number of furan rings is 1. The molecule has 3 heterocycles. The van der Waals surface area contributed by atoms with Crippen molar-refractivity contribution in [3.05, 3.63) is 70.3 Å². The van der Waals surface area contributed by atoms with E-state index in [2.05, 4.69) is 16.5 Å². The van der Waals surface area contributed by atoms with Gasteiger partial charge in [-0.15, -0.1) is 6.58 Å². The highest BCUT2D eigenvalue weighted by Gasteiger charge is 2.23. The van der Waals surface area contributed by atoms with Gasteiger partial charge in [0.2, 0.25) is 5.43 Å². The normalized spacial score (nSPS) is 11.5. The van der Waals surface area contributed by atoms with Gasteiger partial charge in [-0.2, -0.15) is 0 Å². The predicted octanol–water partition coefficient (Wildman–Crippen LogP) is 5.47. The number of imidazole rings is 1. The molecule has 0 unspecified atom stereocenters. The molecule has 6 nitrogen and oxygen atoms in total. The first-order valence-electron chi connectivity index (χ1n) is 8.90. The second-order valence-corrected chi connectivity index (χ2v) is 7.03. The number of nitrogens with one attached hydrogen (secondary N) is 1. The third-order valence-corrected chi connectivity index (χ3v) is 5.17. The molecule has 2 aromatic carbocycles. The summed E-state index contributed by atoms with van der Waals surface area (Å²) in [7, 11) is 1.52. The molecule has 0 radical (unpaired) electrons. The van der Waals surface area contributed by atoms with Crippen LogP contribution in [0.5, 0.6) is 5.75 Å². The van der Waals surface area contributed by atoms with Gasteiger partial charge in [0.05, 0.1) is 29.8 Å². The minimum Gasteiger partial charge on any atom is -0.495 e. The molecule has 29 heavy (non-hydrogen) atoms. The Morgan fingerprint density at radius 2 is 2.14 bits per heavy atom. The second kappa shape index (κ2) is 6.53. The Bertz CT molecular complexity index is 1480. The van der Waals surface area contributed by atoms with Crippen LogP contribution in [0.2, 0.25) is 5.02 Å². The summed E-state index contributed by atoms with van der Waals surface area (Å²) in [6.07, 6.45) is 5.19. The van der Waals surface area contributed by atoms with Gasteiger partial charge in [0.1, 0.15) is 40.0 Å². The quantitative estimate of drug-likeness (QED) is 0.400. The van der Waals surface area contributed by atoms with Crippen molar-refractivity contribution in [1.29, 1.82) is 0 Å². The lowest BCUT2D eigenvalue weighted by Gasteiger charge is -2.10. The van der Waals surface area contributed by atoms with Crippen LogP contribution in [0.3, 0.4) is 0 Å². The topological polar surface area (TPSA) is 81.3 Å². The van der Waals surface area contributed by atoms with Gasteiger partial charge in [-0.05, 0) is 30.7 Å². The first-order chi connectivity index (χ1) is 14.1. The van der Waals surface area contributed by atoms with E-state index >= 15 is 0 Å². The van der Waals surface area contributed by atoms with E-state index in [1.54, 1.807) is 36.6 Å². The molecule has 5 aromatic rings. The van der Waals surface area contributed by atoms with E-state index in [-0.39, 0.29) is 5.43 Å². The zero-order valence-electron chi connectivity index (χ0n) is 15.4. The summed E-state index contributed by atoms with van der Waals surface area (Å²) in [5.74, 6) is 0.809. The Morgan fingerprint density at radius 1 is 1.28 bits per heavy atom. The van der Waals surface area contributed by atoms with E-state index in [1.807, 2.05) is 0 Å².